The van der Waals surface area contributed by atoms with E-state index >= 15 is 0 Å². The van der Waals surface area contributed by atoms with Gasteiger partial charge in [-0.2, -0.15) is 0 Å². The number of hydrogen-bond acceptors (Lipinski definition) is 4. The first kappa shape index (κ1) is 17.4. The van der Waals surface area contributed by atoms with Gasteiger partial charge >= 0.3 is 6.03 Å². The van der Waals surface area contributed by atoms with E-state index in [9.17, 15) is 9.59 Å². The Balaban J connectivity index is 1.48. The van der Waals surface area contributed by atoms with Gasteiger partial charge in [0.05, 0.1) is 12.2 Å². The highest BCUT2D eigenvalue weighted by atomic mass is 16.2. The standard InChI is InChI=1S/C18H20N6O2/c1-12-3-6-17-23-15(11-24(17)10-12)9-21-18(26)20-8-14-4-5-16(19-7-14)22-13(2)25/h3-7,10-11H,8-9H2,1-2H3,(H,19,22,25)(H2,20,21,26). The Labute approximate surface area is 150 Å². The molecule has 0 atom stereocenters. The summed E-state index contributed by atoms with van der Waals surface area (Å²) in [5.41, 5.74) is 3.60. The maximum Gasteiger partial charge on any atom is 0.315 e. The summed E-state index contributed by atoms with van der Waals surface area (Å²) in [6, 6.07) is 7.13. The van der Waals surface area contributed by atoms with Crippen LogP contribution in [-0.2, 0) is 17.9 Å². The first-order valence-electron chi connectivity index (χ1n) is 8.18. The second kappa shape index (κ2) is 7.64. The molecule has 0 aliphatic heterocycles. The zero-order valence-electron chi connectivity index (χ0n) is 14.6. The summed E-state index contributed by atoms with van der Waals surface area (Å²) in [7, 11) is 0. The molecule has 0 spiro atoms. The lowest BCUT2D eigenvalue weighted by Crippen LogP contribution is -2.34. The first-order valence-corrected chi connectivity index (χ1v) is 8.18. The lowest BCUT2D eigenvalue weighted by Gasteiger charge is -2.07. The number of urea groups is 1. The highest BCUT2D eigenvalue weighted by Gasteiger charge is 2.05. The second-order valence-electron chi connectivity index (χ2n) is 5.97. The number of aryl methyl sites for hydroxylation is 1. The molecule has 3 heterocycles. The quantitative estimate of drug-likeness (QED) is 0.654. The predicted molar refractivity (Wildman–Crippen MR) is 97.5 cm³/mol. The van der Waals surface area contributed by atoms with Gasteiger partial charge in [-0.1, -0.05) is 12.1 Å². The first-order chi connectivity index (χ1) is 12.5. The van der Waals surface area contributed by atoms with Gasteiger partial charge in [-0.25, -0.2) is 14.8 Å². The van der Waals surface area contributed by atoms with Gasteiger partial charge in [-0.3, -0.25) is 4.79 Å². The summed E-state index contributed by atoms with van der Waals surface area (Å²) < 4.78 is 1.94. The largest absolute Gasteiger partial charge is 0.334 e. The average molecular weight is 352 g/mol. The van der Waals surface area contributed by atoms with Crippen LogP contribution in [0.15, 0.2) is 42.9 Å². The van der Waals surface area contributed by atoms with Crippen molar-refractivity contribution in [3.8, 4) is 0 Å². The average Bonchev–Trinajstić information content (AvgIpc) is 3.01. The minimum atomic E-state index is -0.288. The smallest absolute Gasteiger partial charge is 0.315 e. The van der Waals surface area contributed by atoms with E-state index in [0.717, 1.165) is 22.5 Å². The summed E-state index contributed by atoms with van der Waals surface area (Å²) in [5, 5.41) is 8.13. The van der Waals surface area contributed by atoms with Gasteiger partial charge in [-0.15, -0.1) is 0 Å². The van der Waals surface area contributed by atoms with Crippen LogP contribution in [0.1, 0.15) is 23.7 Å². The zero-order valence-corrected chi connectivity index (χ0v) is 14.6. The number of pyridine rings is 2. The third-order valence-corrected chi connectivity index (χ3v) is 3.66. The molecule has 0 radical (unpaired) electrons. The Hall–Kier alpha value is -3.42. The molecule has 0 bridgehead atoms. The van der Waals surface area contributed by atoms with Gasteiger partial charge in [0.1, 0.15) is 11.5 Å². The van der Waals surface area contributed by atoms with Crippen molar-refractivity contribution in [2.75, 3.05) is 5.32 Å². The Kier molecular flexibility index (Phi) is 5.12. The minimum Gasteiger partial charge on any atom is -0.334 e. The van der Waals surface area contributed by atoms with Crippen molar-refractivity contribution < 1.29 is 9.59 Å². The van der Waals surface area contributed by atoms with Gasteiger partial charge in [0.25, 0.3) is 0 Å². The van der Waals surface area contributed by atoms with Crippen molar-refractivity contribution in [1.82, 2.24) is 25.0 Å². The van der Waals surface area contributed by atoms with E-state index in [0.29, 0.717) is 18.9 Å². The summed E-state index contributed by atoms with van der Waals surface area (Å²) in [6.07, 6.45) is 5.49. The number of nitrogens with one attached hydrogen (secondary N) is 3. The van der Waals surface area contributed by atoms with Crippen LogP contribution in [-0.4, -0.2) is 26.3 Å². The fourth-order valence-corrected chi connectivity index (χ4v) is 2.44. The molecule has 3 aromatic rings. The van der Waals surface area contributed by atoms with E-state index in [1.807, 2.05) is 35.9 Å². The van der Waals surface area contributed by atoms with Crippen molar-refractivity contribution in [3.05, 3.63) is 59.7 Å². The summed E-state index contributed by atoms with van der Waals surface area (Å²) >= 11 is 0. The molecular weight excluding hydrogens is 332 g/mol. The highest BCUT2D eigenvalue weighted by molar-refractivity contribution is 5.87. The van der Waals surface area contributed by atoms with E-state index in [1.165, 1.54) is 6.92 Å². The maximum absolute atomic E-state index is 11.9. The van der Waals surface area contributed by atoms with Gasteiger partial charge < -0.3 is 20.4 Å². The fraction of sp³-hybridized carbons (Fsp3) is 0.222. The highest BCUT2D eigenvalue weighted by Crippen LogP contribution is 2.07. The Morgan fingerprint density at radius 2 is 1.88 bits per heavy atom. The molecule has 0 unspecified atom stereocenters. The van der Waals surface area contributed by atoms with Crippen molar-refractivity contribution in [2.24, 2.45) is 0 Å². The Bertz CT molecular complexity index is 933. The molecule has 0 aliphatic rings. The molecule has 0 aromatic carbocycles. The molecule has 134 valence electrons. The molecule has 3 amide bonds. The van der Waals surface area contributed by atoms with Crippen molar-refractivity contribution >= 4 is 23.4 Å². The third kappa shape index (κ3) is 4.56. The molecule has 8 nitrogen and oxygen atoms in total. The van der Waals surface area contributed by atoms with Crippen molar-refractivity contribution in [1.29, 1.82) is 0 Å². The van der Waals surface area contributed by atoms with Crippen LogP contribution in [0.4, 0.5) is 10.6 Å². The number of carbonyl (C=O) groups excluding carboxylic acids is 2. The number of anilines is 1. The normalized spacial score (nSPS) is 10.5. The van der Waals surface area contributed by atoms with E-state index in [4.69, 9.17) is 0 Å². The van der Waals surface area contributed by atoms with Crippen LogP contribution >= 0.6 is 0 Å². The number of aromatic nitrogens is 3. The molecule has 3 rings (SSSR count). The maximum atomic E-state index is 11.9. The molecule has 0 aliphatic carbocycles. The SMILES string of the molecule is CC(=O)Nc1ccc(CNC(=O)NCc2cn3cc(C)ccc3n2)cn1. The number of imidazole rings is 1. The molecule has 0 fully saturated rings. The van der Waals surface area contributed by atoms with Crippen molar-refractivity contribution in [2.45, 2.75) is 26.9 Å². The topological polar surface area (TPSA) is 100 Å². The molecule has 0 saturated heterocycles. The third-order valence-electron chi connectivity index (χ3n) is 3.66. The monoisotopic (exact) mass is 352 g/mol. The predicted octanol–water partition coefficient (Wildman–Crippen LogP) is 2.00. The molecule has 3 N–H and O–H groups in total. The lowest BCUT2D eigenvalue weighted by molar-refractivity contribution is -0.114. The van der Waals surface area contributed by atoms with Gasteiger partial charge in [0, 0.05) is 32.1 Å². The second-order valence-corrected chi connectivity index (χ2v) is 5.97. The summed E-state index contributed by atoms with van der Waals surface area (Å²) in [4.78, 5) is 31.4. The number of nitrogens with zero attached hydrogens (tertiary/aromatic N) is 3. The molecule has 8 heteroatoms. The summed E-state index contributed by atoms with van der Waals surface area (Å²) in [6.45, 7) is 4.12. The van der Waals surface area contributed by atoms with E-state index in [1.54, 1.807) is 18.3 Å². The number of rotatable bonds is 5. The van der Waals surface area contributed by atoms with Gasteiger partial charge in [0.2, 0.25) is 5.91 Å². The minimum absolute atomic E-state index is 0.176. The molecule has 3 aromatic heterocycles. The van der Waals surface area contributed by atoms with Crippen LogP contribution in [0.25, 0.3) is 5.65 Å². The van der Waals surface area contributed by atoms with Crippen LogP contribution < -0.4 is 16.0 Å². The number of carbonyl (C=O) groups is 2. The van der Waals surface area contributed by atoms with Gasteiger partial charge in [-0.05, 0) is 30.2 Å². The van der Waals surface area contributed by atoms with Crippen LogP contribution in [0.5, 0.6) is 0 Å². The Morgan fingerprint density at radius 1 is 1.08 bits per heavy atom. The fourth-order valence-electron chi connectivity index (χ4n) is 2.44. The zero-order chi connectivity index (χ0) is 18.5. The number of amides is 3. The van der Waals surface area contributed by atoms with Crippen LogP contribution in [0.2, 0.25) is 0 Å². The van der Waals surface area contributed by atoms with Crippen molar-refractivity contribution in [3.63, 3.8) is 0 Å². The molecular formula is C18H20N6O2. The molecule has 26 heavy (non-hydrogen) atoms. The lowest BCUT2D eigenvalue weighted by atomic mass is 10.3. The number of fused-ring (bicyclic) bond motifs is 1. The Morgan fingerprint density at radius 3 is 2.62 bits per heavy atom. The molecule has 0 saturated carbocycles. The van der Waals surface area contributed by atoms with Crippen LogP contribution in [0, 0.1) is 6.92 Å². The van der Waals surface area contributed by atoms with Gasteiger partial charge in [0.15, 0.2) is 0 Å². The van der Waals surface area contributed by atoms with E-state index < -0.39 is 0 Å². The number of hydrogen-bond donors (Lipinski definition) is 3. The van der Waals surface area contributed by atoms with E-state index in [2.05, 4.69) is 25.9 Å². The van der Waals surface area contributed by atoms with E-state index in [-0.39, 0.29) is 11.9 Å². The van der Waals surface area contributed by atoms with Crippen LogP contribution in [0.3, 0.4) is 0 Å². The summed E-state index contributed by atoms with van der Waals surface area (Å²) in [5.74, 6) is 0.303.